The molecule has 18 heavy (non-hydrogen) atoms. The molecular weight excluding hydrogens is 259 g/mol. The number of halogens is 5. The van der Waals surface area contributed by atoms with Crippen LogP contribution in [0.3, 0.4) is 0 Å². The fraction of sp³-hybridized carbons (Fsp3) is 0.900. The average molecular weight is 274 g/mol. The topological polar surface area (TPSA) is 23.6 Å². The van der Waals surface area contributed by atoms with Gasteiger partial charge in [0.15, 0.2) is 0 Å². The number of alkyl halides is 5. The second-order valence-electron chi connectivity index (χ2n) is 4.63. The second kappa shape index (κ2) is 4.99. The third-order valence-electron chi connectivity index (χ3n) is 2.84. The molecule has 1 saturated heterocycles. The molecule has 1 heterocycles. The number of carbonyl (C=O) groups excluding carboxylic acids is 1. The lowest BCUT2D eigenvalue weighted by atomic mass is 10.2. The summed E-state index contributed by atoms with van der Waals surface area (Å²) in [5, 5.41) is 0. The first-order valence-electron chi connectivity index (χ1n) is 5.47. The molecule has 3 nitrogen and oxygen atoms in total. The van der Waals surface area contributed by atoms with E-state index in [1.807, 2.05) is 0 Å². The van der Waals surface area contributed by atoms with Gasteiger partial charge in [0.25, 0.3) is 0 Å². The minimum atomic E-state index is -5.84. The van der Waals surface area contributed by atoms with Gasteiger partial charge in [-0.2, -0.15) is 22.0 Å². The highest BCUT2D eigenvalue weighted by Crippen LogP contribution is 2.38. The van der Waals surface area contributed by atoms with E-state index in [4.69, 9.17) is 0 Å². The Morgan fingerprint density at radius 2 is 1.83 bits per heavy atom. The number of hydrogen-bond acceptors (Lipinski definition) is 2. The van der Waals surface area contributed by atoms with Crippen LogP contribution >= 0.6 is 0 Å². The van der Waals surface area contributed by atoms with E-state index in [1.165, 1.54) is 0 Å². The normalized spacial score (nSPS) is 21.8. The van der Waals surface area contributed by atoms with Crippen molar-refractivity contribution in [1.29, 1.82) is 0 Å². The monoisotopic (exact) mass is 274 g/mol. The van der Waals surface area contributed by atoms with Crippen molar-refractivity contribution < 1.29 is 26.7 Å². The Morgan fingerprint density at radius 3 is 2.28 bits per heavy atom. The molecule has 1 aliphatic heterocycles. The first kappa shape index (κ1) is 15.1. The van der Waals surface area contributed by atoms with Gasteiger partial charge in [-0.05, 0) is 26.9 Å². The number of likely N-dealkylation sites (N-methyl/N-ethyl adjacent to an activating group) is 1. The number of likely N-dealkylation sites (tertiary alicyclic amines) is 1. The summed E-state index contributed by atoms with van der Waals surface area (Å²) in [7, 11) is 3.34. The molecule has 0 radical (unpaired) electrons. The summed E-state index contributed by atoms with van der Waals surface area (Å²) < 4.78 is 62.3. The van der Waals surface area contributed by atoms with Crippen LogP contribution in [0.2, 0.25) is 0 Å². The molecule has 0 N–H and O–H groups in total. The van der Waals surface area contributed by atoms with Gasteiger partial charge < -0.3 is 9.80 Å². The largest absolute Gasteiger partial charge is 0.463 e. The van der Waals surface area contributed by atoms with Crippen molar-refractivity contribution in [2.24, 2.45) is 0 Å². The van der Waals surface area contributed by atoms with E-state index in [1.54, 1.807) is 19.0 Å². The van der Waals surface area contributed by atoms with Gasteiger partial charge in [-0.15, -0.1) is 0 Å². The number of carbonyl (C=O) groups is 1. The molecule has 8 heteroatoms. The van der Waals surface area contributed by atoms with Crippen molar-refractivity contribution in [3.05, 3.63) is 0 Å². The number of amides is 1. The molecule has 1 atom stereocenters. The molecule has 1 rings (SSSR count). The lowest BCUT2D eigenvalue weighted by molar-refractivity contribution is -0.274. The molecule has 0 aromatic heterocycles. The molecule has 0 saturated carbocycles. The molecule has 0 spiro atoms. The van der Waals surface area contributed by atoms with Crippen molar-refractivity contribution in [1.82, 2.24) is 9.80 Å². The Labute approximate surface area is 102 Å². The highest BCUT2D eigenvalue weighted by atomic mass is 19.4. The van der Waals surface area contributed by atoms with Crippen molar-refractivity contribution in [2.45, 2.75) is 31.0 Å². The van der Waals surface area contributed by atoms with Crippen LogP contribution in [-0.2, 0) is 4.79 Å². The lowest BCUT2D eigenvalue weighted by Crippen LogP contribution is -2.54. The quantitative estimate of drug-likeness (QED) is 0.732. The highest BCUT2D eigenvalue weighted by Gasteiger charge is 2.65. The van der Waals surface area contributed by atoms with Crippen LogP contribution in [-0.4, -0.2) is 61.0 Å². The van der Waals surface area contributed by atoms with Gasteiger partial charge in [0.05, 0.1) is 0 Å². The van der Waals surface area contributed by atoms with Gasteiger partial charge in [0, 0.05) is 19.1 Å². The maximum atomic E-state index is 13.0. The summed E-state index contributed by atoms with van der Waals surface area (Å²) in [6.07, 6.45) is -4.95. The van der Waals surface area contributed by atoms with Crippen LogP contribution in [0.5, 0.6) is 0 Å². The Bertz CT molecular complexity index is 316. The predicted molar refractivity (Wildman–Crippen MR) is 54.3 cm³/mol. The third kappa shape index (κ3) is 2.90. The molecule has 0 aliphatic carbocycles. The second-order valence-corrected chi connectivity index (χ2v) is 4.63. The Balaban J connectivity index is 2.83. The van der Waals surface area contributed by atoms with Crippen molar-refractivity contribution in [3.8, 4) is 0 Å². The molecule has 106 valence electrons. The Hall–Kier alpha value is -0.920. The van der Waals surface area contributed by atoms with E-state index in [9.17, 15) is 26.7 Å². The van der Waals surface area contributed by atoms with Crippen molar-refractivity contribution >= 4 is 5.91 Å². The fourth-order valence-corrected chi connectivity index (χ4v) is 2.02. The molecule has 0 aromatic carbocycles. The summed E-state index contributed by atoms with van der Waals surface area (Å²) in [5.74, 6) is -7.44. The van der Waals surface area contributed by atoms with E-state index in [0.29, 0.717) is 17.7 Å². The van der Waals surface area contributed by atoms with Gasteiger partial charge in [-0.1, -0.05) is 0 Å². The van der Waals surface area contributed by atoms with E-state index in [2.05, 4.69) is 0 Å². The maximum absolute atomic E-state index is 13.0. The van der Waals surface area contributed by atoms with Gasteiger partial charge in [0.1, 0.15) is 0 Å². The van der Waals surface area contributed by atoms with Crippen molar-refractivity contribution in [2.75, 3.05) is 27.2 Å². The standard InChI is InChI=1S/C10H15F5N2O/c1-16(2)6-7-4-3-5-17(7)8(18)9(11,12)10(13,14)15/h7H,3-6H2,1-2H3. The van der Waals surface area contributed by atoms with Crippen molar-refractivity contribution in [3.63, 3.8) is 0 Å². The molecule has 0 aromatic rings. The molecule has 1 amide bonds. The minimum Gasteiger partial charge on any atom is -0.333 e. The maximum Gasteiger partial charge on any atom is 0.463 e. The zero-order valence-corrected chi connectivity index (χ0v) is 10.1. The van der Waals surface area contributed by atoms with E-state index in [0.717, 1.165) is 0 Å². The number of nitrogens with zero attached hydrogens (tertiary/aromatic N) is 2. The van der Waals surface area contributed by atoms with Crippen LogP contribution < -0.4 is 0 Å². The fourth-order valence-electron chi connectivity index (χ4n) is 2.02. The van der Waals surface area contributed by atoms with Crippen LogP contribution in [0.25, 0.3) is 0 Å². The SMILES string of the molecule is CN(C)CC1CCCN1C(=O)C(F)(F)C(F)(F)F. The Kier molecular flexibility index (Phi) is 4.19. The van der Waals surface area contributed by atoms with Gasteiger partial charge in [-0.3, -0.25) is 4.79 Å². The van der Waals surface area contributed by atoms with E-state index < -0.39 is 24.0 Å². The van der Waals surface area contributed by atoms with Crippen LogP contribution in [0.1, 0.15) is 12.8 Å². The molecule has 0 bridgehead atoms. The van der Waals surface area contributed by atoms with Gasteiger partial charge in [0.2, 0.25) is 0 Å². The van der Waals surface area contributed by atoms with E-state index >= 15 is 0 Å². The third-order valence-corrected chi connectivity index (χ3v) is 2.84. The Morgan fingerprint density at radius 1 is 1.28 bits per heavy atom. The first-order valence-corrected chi connectivity index (χ1v) is 5.47. The molecular formula is C10H15F5N2O. The first-order chi connectivity index (χ1) is 8.07. The zero-order chi connectivity index (χ0) is 14.1. The number of rotatable bonds is 3. The van der Waals surface area contributed by atoms with Gasteiger partial charge >= 0.3 is 18.0 Å². The summed E-state index contributed by atoms with van der Waals surface area (Å²) in [6, 6.07) is -0.583. The summed E-state index contributed by atoms with van der Waals surface area (Å²) >= 11 is 0. The molecule has 1 unspecified atom stereocenters. The molecule has 1 fully saturated rings. The zero-order valence-electron chi connectivity index (χ0n) is 10.1. The van der Waals surface area contributed by atoms with Crippen LogP contribution in [0, 0.1) is 0 Å². The van der Waals surface area contributed by atoms with E-state index in [-0.39, 0.29) is 13.1 Å². The highest BCUT2D eigenvalue weighted by molar-refractivity contribution is 5.85. The predicted octanol–water partition coefficient (Wildman–Crippen LogP) is 1.74. The lowest BCUT2D eigenvalue weighted by Gasteiger charge is -2.30. The number of hydrogen-bond donors (Lipinski definition) is 0. The van der Waals surface area contributed by atoms with Crippen LogP contribution in [0.15, 0.2) is 0 Å². The van der Waals surface area contributed by atoms with Crippen LogP contribution in [0.4, 0.5) is 22.0 Å². The van der Waals surface area contributed by atoms with Gasteiger partial charge in [-0.25, -0.2) is 0 Å². The minimum absolute atomic E-state index is 0.0526. The summed E-state index contributed by atoms with van der Waals surface area (Å²) in [5.41, 5.74) is 0. The molecule has 1 aliphatic rings. The average Bonchev–Trinajstić information content (AvgIpc) is 2.61. The smallest absolute Gasteiger partial charge is 0.333 e. The summed E-state index contributed by atoms with van der Waals surface area (Å²) in [4.78, 5) is 13.6. The summed E-state index contributed by atoms with van der Waals surface area (Å²) in [6.45, 7) is 0.225.